The zero-order chi connectivity index (χ0) is 22.8. The summed E-state index contributed by atoms with van der Waals surface area (Å²) < 4.78 is 41.3. The van der Waals surface area contributed by atoms with Crippen LogP contribution < -0.4 is 9.47 Å². The van der Waals surface area contributed by atoms with E-state index in [2.05, 4.69) is 13.8 Å². The van der Waals surface area contributed by atoms with E-state index in [1.807, 2.05) is 12.1 Å². The highest BCUT2D eigenvalue weighted by Crippen LogP contribution is 2.35. The molecule has 0 N–H and O–H groups in total. The molecule has 174 valence electrons. The molecule has 0 aliphatic rings. The van der Waals surface area contributed by atoms with Gasteiger partial charge in [-0.2, -0.15) is 0 Å². The van der Waals surface area contributed by atoms with Crippen LogP contribution in [0.5, 0.6) is 11.5 Å². The molecule has 2 nitrogen and oxygen atoms in total. The van der Waals surface area contributed by atoms with Gasteiger partial charge in [-0.25, -0.2) is 8.78 Å². The van der Waals surface area contributed by atoms with Gasteiger partial charge in [-0.3, -0.25) is 0 Å². The molecule has 0 atom stereocenters. The molecule has 0 unspecified atom stereocenters. The molecule has 32 heavy (non-hydrogen) atoms. The smallest absolute Gasteiger partial charge is 0.172 e. The Bertz CT molecular complexity index is 1000. The maximum atomic E-state index is 15.1. The largest absolute Gasteiger partial charge is 0.490 e. The van der Waals surface area contributed by atoms with Crippen LogP contribution in [0.1, 0.15) is 78.1 Å². The van der Waals surface area contributed by atoms with Crippen LogP contribution in [0.4, 0.5) is 8.78 Å². The van der Waals surface area contributed by atoms with Crippen molar-refractivity contribution in [3.63, 3.8) is 0 Å². The first kappa shape index (κ1) is 24.3. The maximum absolute atomic E-state index is 15.1. The second-order valence-electron chi connectivity index (χ2n) is 8.54. The summed E-state index contributed by atoms with van der Waals surface area (Å²) in [6.07, 6.45) is 11.6. The Morgan fingerprint density at radius 2 is 0.906 bits per heavy atom. The third-order valence-corrected chi connectivity index (χ3v) is 6.01. The van der Waals surface area contributed by atoms with E-state index in [4.69, 9.17) is 9.47 Å². The van der Waals surface area contributed by atoms with Crippen LogP contribution in [-0.2, 0) is 0 Å². The Balaban J connectivity index is 1.64. The Morgan fingerprint density at radius 3 is 1.41 bits per heavy atom. The van der Waals surface area contributed by atoms with Crippen LogP contribution in [-0.4, -0.2) is 13.2 Å². The van der Waals surface area contributed by atoms with Gasteiger partial charge in [-0.05, 0) is 47.9 Å². The zero-order valence-corrected chi connectivity index (χ0v) is 19.5. The first-order valence-corrected chi connectivity index (χ1v) is 12.3. The molecule has 3 aromatic rings. The fourth-order valence-electron chi connectivity index (χ4n) is 4.08. The molecule has 0 amide bonds. The molecule has 0 aliphatic carbocycles. The van der Waals surface area contributed by atoms with E-state index < -0.39 is 5.82 Å². The molecule has 0 aromatic heterocycles. The van der Waals surface area contributed by atoms with Gasteiger partial charge in [0.15, 0.2) is 23.1 Å². The van der Waals surface area contributed by atoms with Gasteiger partial charge in [-0.1, -0.05) is 77.3 Å². The molecule has 4 heteroatoms. The lowest BCUT2D eigenvalue weighted by Crippen LogP contribution is -2.00. The summed E-state index contributed by atoms with van der Waals surface area (Å²) in [5, 5.41) is 2.25. The van der Waals surface area contributed by atoms with Crippen molar-refractivity contribution < 1.29 is 18.3 Å². The Hall–Kier alpha value is -2.36. The number of unbranched alkanes of at least 4 members (excludes halogenated alkanes) is 8. The average Bonchev–Trinajstić information content (AvgIpc) is 2.80. The maximum Gasteiger partial charge on any atom is 0.172 e. The molecule has 3 aromatic carbocycles. The van der Waals surface area contributed by atoms with Crippen molar-refractivity contribution in [2.75, 3.05) is 13.2 Å². The molecule has 0 radical (unpaired) electrons. The number of fused-ring (bicyclic) bond motifs is 3. The molecule has 0 heterocycles. The van der Waals surface area contributed by atoms with Gasteiger partial charge in [0.2, 0.25) is 0 Å². The molecule has 0 saturated carbocycles. The van der Waals surface area contributed by atoms with Crippen LogP contribution in [0.15, 0.2) is 36.4 Å². The van der Waals surface area contributed by atoms with Gasteiger partial charge in [0.05, 0.1) is 13.2 Å². The summed E-state index contributed by atoms with van der Waals surface area (Å²) >= 11 is 0. The fraction of sp³-hybridized carbons (Fsp3) is 0.500. The van der Waals surface area contributed by atoms with Gasteiger partial charge in [0.1, 0.15) is 0 Å². The average molecular weight is 443 g/mol. The molecule has 0 saturated heterocycles. The first-order valence-electron chi connectivity index (χ1n) is 12.3. The monoisotopic (exact) mass is 442 g/mol. The molecular weight excluding hydrogens is 406 g/mol. The second-order valence-corrected chi connectivity index (χ2v) is 8.54. The van der Waals surface area contributed by atoms with Gasteiger partial charge in [0, 0.05) is 10.8 Å². The Kier molecular flexibility index (Phi) is 9.58. The number of rotatable bonds is 14. The molecule has 0 spiro atoms. The van der Waals surface area contributed by atoms with Crippen LogP contribution >= 0.6 is 0 Å². The summed E-state index contributed by atoms with van der Waals surface area (Å²) in [5.74, 6) is -0.264. The third-order valence-electron chi connectivity index (χ3n) is 6.01. The summed E-state index contributed by atoms with van der Waals surface area (Å²) in [7, 11) is 0. The van der Waals surface area contributed by atoms with Gasteiger partial charge in [-0.15, -0.1) is 0 Å². The van der Waals surface area contributed by atoms with Gasteiger partial charge < -0.3 is 9.47 Å². The van der Waals surface area contributed by atoms with Crippen LogP contribution in [0.3, 0.4) is 0 Å². The van der Waals surface area contributed by atoms with E-state index >= 15 is 4.39 Å². The molecule has 0 bridgehead atoms. The van der Waals surface area contributed by atoms with Crippen molar-refractivity contribution in [1.29, 1.82) is 0 Å². The van der Waals surface area contributed by atoms with Gasteiger partial charge in [0.25, 0.3) is 0 Å². The number of ether oxygens (including phenoxy) is 2. The van der Waals surface area contributed by atoms with Crippen molar-refractivity contribution in [3.05, 3.63) is 48.0 Å². The minimum atomic E-state index is -0.393. The Labute approximate surface area is 190 Å². The van der Waals surface area contributed by atoms with E-state index in [9.17, 15) is 4.39 Å². The van der Waals surface area contributed by atoms with Crippen molar-refractivity contribution in [2.24, 2.45) is 0 Å². The predicted octanol–water partition coefficient (Wildman–Crippen LogP) is 8.97. The number of hydrogen-bond donors (Lipinski definition) is 0. The standard InChI is InChI=1S/C28H36F2O2/c1-3-5-7-8-9-10-11-12-20-32-26-18-16-22-21-15-17-25(31-19-6-4-2)27(29)23(21)13-14-24(22)28(26)30/h13-18H,3-12,19-20H2,1-2H3. The van der Waals surface area contributed by atoms with Gasteiger partial charge >= 0.3 is 0 Å². The number of halogens is 2. The summed E-state index contributed by atoms with van der Waals surface area (Å²) in [6.45, 7) is 5.29. The topological polar surface area (TPSA) is 18.5 Å². The minimum Gasteiger partial charge on any atom is -0.490 e. The van der Waals surface area contributed by atoms with Crippen molar-refractivity contribution >= 4 is 21.5 Å². The van der Waals surface area contributed by atoms with Crippen molar-refractivity contribution in [3.8, 4) is 11.5 Å². The van der Waals surface area contributed by atoms with E-state index in [0.29, 0.717) is 34.8 Å². The summed E-state index contributed by atoms with van der Waals surface area (Å²) in [6, 6.07) is 10.2. The van der Waals surface area contributed by atoms with Crippen molar-refractivity contribution in [1.82, 2.24) is 0 Å². The SMILES string of the molecule is CCCCCCCCCCOc1ccc2c(ccc3c(F)c(OCCCC)ccc32)c1F. The third kappa shape index (κ3) is 6.11. The van der Waals surface area contributed by atoms with Crippen LogP contribution in [0.25, 0.3) is 21.5 Å². The minimum absolute atomic E-state index is 0.246. The van der Waals surface area contributed by atoms with Crippen LogP contribution in [0.2, 0.25) is 0 Å². The highest BCUT2D eigenvalue weighted by atomic mass is 19.1. The van der Waals surface area contributed by atoms with E-state index in [0.717, 1.165) is 25.7 Å². The lowest BCUT2D eigenvalue weighted by Gasteiger charge is -2.13. The normalized spacial score (nSPS) is 11.4. The molecular formula is C28H36F2O2. The van der Waals surface area contributed by atoms with E-state index in [1.165, 1.54) is 38.5 Å². The highest BCUT2D eigenvalue weighted by molar-refractivity contribution is 6.08. The first-order chi connectivity index (χ1) is 15.7. The Morgan fingerprint density at radius 1 is 0.500 bits per heavy atom. The predicted molar refractivity (Wildman–Crippen MR) is 130 cm³/mol. The lowest BCUT2D eigenvalue weighted by molar-refractivity contribution is 0.291. The van der Waals surface area contributed by atoms with E-state index in [1.54, 1.807) is 24.3 Å². The number of hydrogen-bond acceptors (Lipinski definition) is 2. The van der Waals surface area contributed by atoms with Crippen molar-refractivity contribution in [2.45, 2.75) is 78.1 Å². The number of benzene rings is 3. The van der Waals surface area contributed by atoms with E-state index in [-0.39, 0.29) is 17.3 Å². The van der Waals surface area contributed by atoms with Crippen LogP contribution in [0, 0.1) is 11.6 Å². The zero-order valence-electron chi connectivity index (χ0n) is 19.5. The lowest BCUT2D eigenvalue weighted by atomic mass is 10.0. The quantitative estimate of drug-likeness (QED) is 0.183. The molecule has 3 rings (SSSR count). The summed E-state index contributed by atoms with van der Waals surface area (Å²) in [4.78, 5) is 0. The summed E-state index contributed by atoms with van der Waals surface area (Å²) in [5.41, 5.74) is 0. The molecule has 0 fully saturated rings. The highest BCUT2D eigenvalue weighted by Gasteiger charge is 2.15. The fourth-order valence-corrected chi connectivity index (χ4v) is 4.08. The second kappa shape index (κ2) is 12.6. The molecule has 0 aliphatic heterocycles.